The predicted molar refractivity (Wildman–Crippen MR) is 110 cm³/mol. The zero-order chi connectivity index (χ0) is 21.1. The van der Waals surface area contributed by atoms with Crippen LogP contribution in [0.5, 0.6) is 0 Å². The van der Waals surface area contributed by atoms with E-state index in [1.165, 1.54) is 35.4 Å². The van der Waals surface area contributed by atoms with Crippen molar-refractivity contribution in [1.29, 1.82) is 0 Å². The first kappa shape index (κ1) is 19.5. The summed E-state index contributed by atoms with van der Waals surface area (Å²) in [5.74, 6) is -0.925. The van der Waals surface area contributed by atoms with Gasteiger partial charge >= 0.3 is 0 Å². The molecule has 0 aliphatic rings. The van der Waals surface area contributed by atoms with E-state index in [1.54, 1.807) is 36.5 Å². The Hall–Kier alpha value is -3.78. The fourth-order valence-electron chi connectivity index (χ4n) is 2.80. The molecule has 0 radical (unpaired) electrons. The molecule has 2 aromatic heterocycles. The number of fused-ring (bicyclic) bond motifs is 1. The van der Waals surface area contributed by atoms with Crippen molar-refractivity contribution in [2.24, 2.45) is 5.10 Å². The van der Waals surface area contributed by atoms with Gasteiger partial charge in [0.15, 0.2) is 5.69 Å². The van der Waals surface area contributed by atoms with Crippen molar-refractivity contribution < 1.29 is 13.6 Å². The first-order valence-electron chi connectivity index (χ1n) is 8.82. The molecular weight excluding hydrogens is 411 g/mol. The third-order valence-corrected chi connectivity index (χ3v) is 4.53. The van der Waals surface area contributed by atoms with Crippen LogP contribution >= 0.6 is 11.6 Å². The van der Waals surface area contributed by atoms with Crippen LogP contribution in [-0.4, -0.2) is 21.9 Å². The first-order valence-corrected chi connectivity index (χ1v) is 9.20. The van der Waals surface area contributed by atoms with E-state index in [0.717, 1.165) is 0 Å². The molecule has 0 unspecified atom stereocenters. The van der Waals surface area contributed by atoms with Gasteiger partial charge in [0, 0.05) is 16.8 Å². The Bertz CT molecular complexity index is 1330. The van der Waals surface area contributed by atoms with Crippen LogP contribution in [0.1, 0.15) is 21.6 Å². The third kappa shape index (κ3) is 4.13. The first-order chi connectivity index (χ1) is 14.5. The minimum absolute atomic E-state index is 0.0980. The average molecular weight is 425 g/mol. The molecule has 0 atom stereocenters. The number of halogens is 2. The van der Waals surface area contributed by atoms with Crippen LogP contribution in [0.25, 0.3) is 11.0 Å². The van der Waals surface area contributed by atoms with Gasteiger partial charge in [-0.05, 0) is 30.3 Å². The summed E-state index contributed by atoms with van der Waals surface area (Å²) in [4.78, 5) is 24.7. The van der Waals surface area contributed by atoms with Gasteiger partial charge in [0.05, 0.1) is 23.7 Å². The number of rotatable bonds is 5. The van der Waals surface area contributed by atoms with Gasteiger partial charge in [0.1, 0.15) is 17.7 Å². The molecule has 0 aliphatic heterocycles. The van der Waals surface area contributed by atoms with E-state index in [9.17, 15) is 14.0 Å². The molecule has 4 rings (SSSR count). The molecule has 0 spiro atoms. The molecule has 1 N–H and O–H groups in total. The molecule has 0 aliphatic carbocycles. The molecule has 4 aromatic rings. The SMILES string of the molecule is O=C(N/N=C\c1coc2ccc(Cl)cc2c1=O)c1ccn(Cc2ccccc2F)n1. The quantitative estimate of drug-likeness (QED) is 0.391. The molecule has 2 aromatic carbocycles. The van der Waals surface area contributed by atoms with Gasteiger partial charge in [0.2, 0.25) is 5.43 Å². The van der Waals surface area contributed by atoms with Crippen molar-refractivity contribution in [3.63, 3.8) is 0 Å². The van der Waals surface area contributed by atoms with E-state index in [-0.39, 0.29) is 29.0 Å². The summed E-state index contributed by atoms with van der Waals surface area (Å²) >= 11 is 5.92. The number of amides is 1. The minimum Gasteiger partial charge on any atom is -0.463 e. The number of carbonyl (C=O) groups excluding carboxylic acids is 1. The fraction of sp³-hybridized carbons (Fsp3) is 0.0476. The standard InChI is InChI=1S/C21H14ClFN4O3/c22-15-5-6-19-16(9-15)20(28)14(12-30-19)10-24-25-21(29)18-7-8-27(26-18)11-13-3-1-2-4-17(13)23/h1-10,12H,11H2,(H,25,29)/b24-10-. The Balaban J connectivity index is 1.45. The van der Waals surface area contributed by atoms with Gasteiger partial charge in [-0.15, -0.1) is 0 Å². The number of hydrogen-bond donors (Lipinski definition) is 1. The highest BCUT2D eigenvalue weighted by molar-refractivity contribution is 6.31. The van der Waals surface area contributed by atoms with Crippen molar-refractivity contribution in [1.82, 2.24) is 15.2 Å². The summed E-state index contributed by atoms with van der Waals surface area (Å²) in [5.41, 5.74) is 3.06. The molecule has 7 nitrogen and oxygen atoms in total. The maximum atomic E-state index is 13.7. The van der Waals surface area contributed by atoms with Crippen LogP contribution in [0.4, 0.5) is 4.39 Å². The van der Waals surface area contributed by atoms with E-state index in [0.29, 0.717) is 21.6 Å². The van der Waals surface area contributed by atoms with Gasteiger partial charge in [-0.2, -0.15) is 10.2 Å². The second kappa shape index (κ2) is 8.30. The Morgan fingerprint density at radius 2 is 2.10 bits per heavy atom. The molecular formula is C21H14ClFN4O3. The number of aromatic nitrogens is 2. The molecule has 150 valence electrons. The van der Waals surface area contributed by atoms with Crippen LogP contribution < -0.4 is 10.9 Å². The highest BCUT2D eigenvalue weighted by atomic mass is 35.5. The summed E-state index contributed by atoms with van der Waals surface area (Å²) in [6, 6.07) is 12.5. The van der Waals surface area contributed by atoms with Crippen LogP contribution in [0.3, 0.4) is 0 Å². The molecule has 0 saturated heterocycles. The van der Waals surface area contributed by atoms with Gasteiger partial charge < -0.3 is 4.42 Å². The average Bonchev–Trinajstić information content (AvgIpc) is 3.20. The van der Waals surface area contributed by atoms with E-state index in [2.05, 4.69) is 15.6 Å². The summed E-state index contributed by atoms with van der Waals surface area (Å²) in [6.07, 6.45) is 3.99. The van der Waals surface area contributed by atoms with E-state index in [4.69, 9.17) is 16.0 Å². The highest BCUT2D eigenvalue weighted by Crippen LogP contribution is 2.16. The Kier molecular flexibility index (Phi) is 5.40. The number of carbonyl (C=O) groups is 1. The minimum atomic E-state index is -0.577. The van der Waals surface area contributed by atoms with Gasteiger partial charge in [-0.25, -0.2) is 9.82 Å². The largest absolute Gasteiger partial charge is 0.463 e. The lowest BCUT2D eigenvalue weighted by Gasteiger charge is -2.03. The smallest absolute Gasteiger partial charge is 0.291 e. The monoisotopic (exact) mass is 424 g/mol. The number of benzene rings is 2. The van der Waals surface area contributed by atoms with Crippen molar-refractivity contribution in [2.45, 2.75) is 6.54 Å². The topological polar surface area (TPSA) is 89.5 Å². The summed E-state index contributed by atoms with van der Waals surface area (Å²) in [5, 5.41) is 8.61. The molecule has 2 heterocycles. The normalized spacial score (nSPS) is 11.3. The molecule has 1 amide bonds. The van der Waals surface area contributed by atoms with E-state index >= 15 is 0 Å². The van der Waals surface area contributed by atoms with Crippen molar-refractivity contribution in [3.05, 3.63) is 98.9 Å². The lowest BCUT2D eigenvalue weighted by molar-refractivity contribution is 0.0949. The van der Waals surface area contributed by atoms with Crippen LogP contribution in [0.15, 0.2) is 75.3 Å². The molecule has 9 heteroatoms. The zero-order valence-electron chi connectivity index (χ0n) is 15.4. The molecule has 30 heavy (non-hydrogen) atoms. The second-order valence-corrected chi connectivity index (χ2v) is 6.79. The van der Waals surface area contributed by atoms with Crippen LogP contribution in [0, 0.1) is 5.82 Å². The highest BCUT2D eigenvalue weighted by Gasteiger charge is 2.10. The van der Waals surface area contributed by atoms with Gasteiger partial charge in [0.25, 0.3) is 5.91 Å². The van der Waals surface area contributed by atoms with Crippen molar-refractivity contribution in [2.75, 3.05) is 0 Å². The number of hydrazone groups is 1. The van der Waals surface area contributed by atoms with E-state index < -0.39 is 5.91 Å². The van der Waals surface area contributed by atoms with Crippen molar-refractivity contribution in [3.8, 4) is 0 Å². The third-order valence-electron chi connectivity index (χ3n) is 4.29. The van der Waals surface area contributed by atoms with E-state index in [1.807, 2.05) is 0 Å². The second-order valence-electron chi connectivity index (χ2n) is 6.35. The van der Waals surface area contributed by atoms with Gasteiger partial charge in [-0.3, -0.25) is 14.3 Å². The van der Waals surface area contributed by atoms with Crippen molar-refractivity contribution >= 4 is 34.7 Å². The number of nitrogens with zero attached hydrogens (tertiary/aromatic N) is 3. The van der Waals surface area contributed by atoms with Gasteiger partial charge in [-0.1, -0.05) is 29.8 Å². The lowest BCUT2D eigenvalue weighted by atomic mass is 10.2. The number of nitrogens with one attached hydrogen (secondary N) is 1. The lowest BCUT2D eigenvalue weighted by Crippen LogP contribution is -2.19. The van der Waals surface area contributed by atoms with Crippen LogP contribution in [0.2, 0.25) is 5.02 Å². The predicted octanol–water partition coefficient (Wildman–Crippen LogP) is 3.59. The Labute approximate surface area is 174 Å². The fourth-order valence-corrected chi connectivity index (χ4v) is 2.97. The Morgan fingerprint density at radius 3 is 2.93 bits per heavy atom. The molecule has 0 fully saturated rings. The van der Waals surface area contributed by atoms with Crippen LogP contribution in [-0.2, 0) is 6.54 Å². The molecule has 0 saturated carbocycles. The Morgan fingerprint density at radius 1 is 1.27 bits per heavy atom. The number of hydrogen-bond acceptors (Lipinski definition) is 5. The summed E-state index contributed by atoms with van der Waals surface area (Å²) in [6.45, 7) is 0.184. The molecule has 0 bridgehead atoms. The summed E-state index contributed by atoms with van der Waals surface area (Å²) in [7, 11) is 0. The maximum absolute atomic E-state index is 13.7. The zero-order valence-corrected chi connectivity index (χ0v) is 16.1. The maximum Gasteiger partial charge on any atom is 0.291 e. The summed E-state index contributed by atoms with van der Waals surface area (Å²) < 4.78 is 20.6.